The van der Waals surface area contributed by atoms with Gasteiger partial charge >= 0.3 is 6.03 Å². The van der Waals surface area contributed by atoms with Gasteiger partial charge in [0.05, 0.1) is 6.04 Å². The van der Waals surface area contributed by atoms with E-state index in [1.54, 1.807) is 12.1 Å². The molecule has 1 N–H and O–H groups in total. The fraction of sp³-hybridized carbons (Fsp3) is 0.444. The van der Waals surface area contributed by atoms with Crippen molar-refractivity contribution in [3.63, 3.8) is 0 Å². The van der Waals surface area contributed by atoms with Crippen LogP contribution >= 0.6 is 0 Å². The highest BCUT2D eigenvalue weighted by Gasteiger charge is 2.40. The Hall–Kier alpha value is -3.04. The molecule has 0 unspecified atom stereocenters. The van der Waals surface area contributed by atoms with Gasteiger partial charge in [0, 0.05) is 13.1 Å². The van der Waals surface area contributed by atoms with E-state index in [1.807, 2.05) is 23.1 Å². The van der Waals surface area contributed by atoms with Gasteiger partial charge in [-0.15, -0.1) is 6.42 Å². The minimum atomic E-state index is -0.311. The molecule has 1 atom stereocenters. The van der Waals surface area contributed by atoms with Crippen molar-refractivity contribution in [3.8, 4) is 18.1 Å². The number of terminal acetylenes is 1. The summed E-state index contributed by atoms with van der Waals surface area (Å²) in [6.07, 6.45) is 9.55. The molecule has 0 spiro atoms. The maximum Gasteiger partial charge on any atom is 0.318 e. The van der Waals surface area contributed by atoms with Crippen molar-refractivity contribution < 1.29 is 13.9 Å². The van der Waals surface area contributed by atoms with Crippen molar-refractivity contribution in [2.45, 2.75) is 31.7 Å². The molecule has 4 aliphatic rings. The number of carbonyl (C=O) groups excluding carboxylic acids is 1. The number of urea groups is 1. The van der Waals surface area contributed by atoms with Crippen LogP contribution in [0.15, 0.2) is 42.5 Å². The van der Waals surface area contributed by atoms with Crippen LogP contribution in [0.5, 0.6) is 5.75 Å². The number of carbonyl (C=O) groups is 1. The molecule has 2 bridgehead atoms. The first-order valence-corrected chi connectivity index (χ1v) is 11.8. The molecule has 33 heavy (non-hydrogen) atoms. The molecule has 0 aliphatic carbocycles. The monoisotopic (exact) mass is 447 g/mol. The average Bonchev–Trinajstić information content (AvgIpc) is 2.87. The summed E-state index contributed by atoms with van der Waals surface area (Å²) in [5, 5.41) is 3.27. The van der Waals surface area contributed by atoms with Crippen LogP contribution in [0.4, 0.5) is 9.18 Å². The summed E-state index contributed by atoms with van der Waals surface area (Å²) in [5.74, 6) is 2.87. The van der Waals surface area contributed by atoms with Crippen molar-refractivity contribution in [1.82, 2.24) is 15.1 Å². The lowest BCUT2D eigenvalue weighted by molar-refractivity contribution is 0.0272. The van der Waals surface area contributed by atoms with E-state index < -0.39 is 0 Å². The lowest BCUT2D eigenvalue weighted by Crippen LogP contribution is -2.54. The van der Waals surface area contributed by atoms with Crippen molar-refractivity contribution in [2.75, 3.05) is 39.3 Å². The second-order valence-electron chi connectivity index (χ2n) is 9.50. The van der Waals surface area contributed by atoms with Gasteiger partial charge in [-0.05, 0) is 91.7 Å². The third-order valence-electron chi connectivity index (χ3n) is 7.60. The van der Waals surface area contributed by atoms with E-state index in [0.717, 1.165) is 56.4 Å². The van der Waals surface area contributed by atoms with E-state index in [4.69, 9.17) is 11.2 Å². The topological polar surface area (TPSA) is 44.8 Å². The fourth-order valence-corrected chi connectivity index (χ4v) is 5.56. The zero-order valence-corrected chi connectivity index (χ0v) is 18.9. The quantitative estimate of drug-likeness (QED) is 0.706. The molecule has 2 amide bonds. The first-order chi connectivity index (χ1) is 16.1. The van der Waals surface area contributed by atoms with Gasteiger partial charge in [0.1, 0.15) is 18.2 Å². The zero-order chi connectivity index (χ0) is 22.8. The highest BCUT2D eigenvalue weighted by molar-refractivity contribution is 5.76. The molecule has 172 valence electrons. The average molecular weight is 448 g/mol. The Morgan fingerprint density at radius 1 is 1.12 bits per heavy atom. The Bertz CT molecular complexity index is 1040. The maximum absolute atomic E-state index is 13.7. The summed E-state index contributed by atoms with van der Waals surface area (Å²) in [7, 11) is 0. The number of nitrogens with zero attached hydrogens (tertiary/aromatic N) is 2. The number of hydrogen-bond acceptors (Lipinski definition) is 3. The zero-order valence-electron chi connectivity index (χ0n) is 18.9. The van der Waals surface area contributed by atoms with E-state index in [9.17, 15) is 9.18 Å². The van der Waals surface area contributed by atoms with Gasteiger partial charge in [-0.25, -0.2) is 9.18 Å². The number of benzene rings is 2. The third kappa shape index (κ3) is 4.43. The minimum absolute atomic E-state index is 0.0627. The number of piperidine rings is 3. The van der Waals surface area contributed by atoms with Crippen LogP contribution in [0.1, 0.15) is 42.0 Å². The van der Waals surface area contributed by atoms with Gasteiger partial charge in [-0.3, -0.25) is 0 Å². The highest BCUT2D eigenvalue weighted by Crippen LogP contribution is 2.40. The second-order valence-corrected chi connectivity index (χ2v) is 9.50. The Morgan fingerprint density at radius 2 is 1.85 bits per heavy atom. The largest absolute Gasteiger partial charge is 0.481 e. The molecular weight excluding hydrogens is 417 g/mol. The summed E-state index contributed by atoms with van der Waals surface area (Å²) < 4.78 is 19.3. The molecule has 3 fully saturated rings. The first-order valence-electron chi connectivity index (χ1n) is 11.8. The van der Waals surface area contributed by atoms with Crippen LogP contribution in [-0.4, -0.2) is 55.2 Å². The lowest BCUT2D eigenvalue weighted by Gasteiger charge is -2.48. The van der Waals surface area contributed by atoms with Crippen molar-refractivity contribution in [1.29, 1.82) is 0 Å². The Balaban J connectivity index is 1.41. The fourth-order valence-electron chi connectivity index (χ4n) is 5.56. The molecule has 5 nitrogen and oxygen atoms in total. The number of halogens is 1. The molecule has 0 radical (unpaired) electrons. The lowest BCUT2D eigenvalue weighted by atomic mass is 9.72. The molecule has 6 rings (SSSR count). The van der Waals surface area contributed by atoms with E-state index >= 15 is 0 Å². The molecule has 6 heteroatoms. The van der Waals surface area contributed by atoms with Crippen LogP contribution in [0.3, 0.4) is 0 Å². The number of nitrogens with one attached hydrogen (secondary N) is 1. The minimum Gasteiger partial charge on any atom is -0.481 e. The standard InChI is InChI=1S/C27H30FN3O2/c1-2-17-33-23-8-5-20-9-13-31(25(24(20)18-23)21-3-6-22(28)7-4-21)26(32)29-19-27-10-14-30(15-11-27)16-12-27/h1,3-8,18,25H,9-17,19H2,(H,29,32)/t25-/m0/s1. The Morgan fingerprint density at radius 3 is 2.55 bits per heavy atom. The number of fused-ring (bicyclic) bond motifs is 4. The van der Waals surface area contributed by atoms with Crippen molar-refractivity contribution in [3.05, 3.63) is 65.0 Å². The predicted octanol–water partition coefficient (Wildman–Crippen LogP) is 3.98. The van der Waals surface area contributed by atoms with Crippen LogP contribution in [0.2, 0.25) is 0 Å². The molecule has 4 aliphatic heterocycles. The van der Waals surface area contributed by atoms with E-state index in [-0.39, 0.29) is 29.9 Å². The van der Waals surface area contributed by atoms with Crippen LogP contribution in [-0.2, 0) is 6.42 Å². The van der Waals surface area contributed by atoms with Gasteiger partial charge in [-0.1, -0.05) is 24.1 Å². The van der Waals surface area contributed by atoms with E-state index in [1.165, 1.54) is 17.7 Å². The number of hydrogen-bond donors (Lipinski definition) is 1. The molecular formula is C27H30FN3O2. The number of ether oxygens (including phenoxy) is 1. The number of rotatable bonds is 5. The van der Waals surface area contributed by atoms with Crippen LogP contribution in [0, 0.1) is 23.6 Å². The summed E-state index contributed by atoms with van der Waals surface area (Å²) in [6, 6.07) is 12.0. The van der Waals surface area contributed by atoms with E-state index in [0.29, 0.717) is 18.8 Å². The van der Waals surface area contributed by atoms with E-state index in [2.05, 4.69) is 16.1 Å². The van der Waals surface area contributed by atoms with Crippen molar-refractivity contribution in [2.24, 2.45) is 5.41 Å². The summed E-state index contributed by atoms with van der Waals surface area (Å²) >= 11 is 0. The number of amides is 2. The van der Waals surface area contributed by atoms with Gasteiger partial charge in [0.2, 0.25) is 0 Å². The molecule has 0 aromatic heterocycles. The van der Waals surface area contributed by atoms with Gasteiger partial charge in [0.25, 0.3) is 0 Å². The normalized spacial score (nSPS) is 25.8. The maximum atomic E-state index is 13.7. The molecule has 0 saturated carbocycles. The molecule has 4 heterocycles. The van der Waals surface area contributed by atoms with Crippen LogP contribution in [0.25, 0.3) is 0 Å². The van der Waals surface area contributed by atoms with Crippen LogP contribution < -0.4 is 10.1 Å². The first kappa shape index (κ1) is 21.8. The summed E-state index contributed by atoms with van der Waals surface area (Å²) in [6.45, 7) is 4.89. The highest BCUT2D eigenvalue weighted by atomic mass is 19.1. The smallest absolute Gasteiger partial charge is 0.318 e. The predicted molar refractivity (Wildman–Crippen MR) is 126 cm³/mol. The molecule has 3 saturated heterocycles. The second kappa shape index (κ2) is 9.07. The summed E-state index contributed by atoms with van der Waals surface area (Å²) in [5.41, 5.74) is 3.27. The molecule has 2 aromatic carbocycles. The Labute approximate surface area is 194 Å². The van der Waals surface area contributed by atoms with Gasteiger partial charge in [-0.2, -0.15) is 0 Å². The SMILES string of the molecule is C#CCOc1ccc2c(c1)[C@H](c1ccc(F)cc1)N(C(=O)NCC13CCN(CC1)CC3)CC2. The van der Waals surface area contributed by atoms with Crippen molar-refractivity contribution >= 4 is 6.03 Å². The Kier molecular flexibility index (Phi) is 5.99. The van der Waals surface area contributed by atoms with Gasteiger partial charge < -0.3 is 19.9 Å². The molecule has 2 aromatic rings. The van der Waals surface area contributed by atoms with Gasteiger partial charge in [0.15, 0.2) is 0 Å². The third-order valence-corrected chi connectivity index (χ3v) is 7.60. The summed E-state index contributed by atoms with van der Waals surface area (Å²) in [4.78, 5) is 17.9.